The van der Waals surface area contributed by atoms with Crippen LogP contribution in [0.2, 0.25) is 0 Å². The Balaban J connectivity index is 1.47. The van der Waals surface area contributed by atoms with E-state index in [-0.39, 0.29) is 11.7 Å². The van der Waals surface area contributed by atoms with Crippen molar-refractivity contribution in [2.75, 3.05) is 43.5 Å². The summed E-state index contributed by atoms with van der Waals surface area (Å²) in [6.07, 6.45) is 2.54. The minimum atomic E-state index is -0.228. The van der Waals surface area contributed by atoms with Gasteiger partial charge in [-0.1, -0.05) is 0 Å². The fourth-order valence-electron chi connectivity index (χ4n) is 2.69. The molecule has 1 aliphatic heterocycles. The summed E-state index contributed by atoms with van der Waals surface area (Å²) in [5.74, 6) is 1.24. The third-order valence-corrected chi connectivity index (χ3v) is 5.13. The van der Waals surface area contributed by atoms with E-state index >= 15 is 0 Å². The molecule has 7 heteroatoms. The zero-order valence-corrected chi connectivity index (χ0v) is 15.3. The van der Waals surface area contributed by atoms with Crippen LogP contribution in [-0.4, -0.2) is 49.5 Å². The Bertz CT molecular complexity index is 721. The lowest BCUT2D eigenvalue weighted by Crippen LogP contribution is -2.38. The number of halogens is 1. The van der Waals surface area contributed by atoms with Crippen molar-refractivity contribution < 1.29 is 13.9 Å². The second kappa shape index (κ2) is 9.54. The molecule has 5 nitrogen and oxygen atoms in total. The van der Waals surface area contributed by atoms with Gasteiger partial charge < -0.3 is 15.0 Å². The number of ether oxygens (including phenoxy) is 1. The number of anilines is 1. The molecule has 138 valence electrons. The molecule has 0 saturated carbocycles. The van der Waals surface area contributed by atoms with E-state index in [9.17, 15) is 9.18 Å². The SMILES string of the molecule is O=C(NCCCSc1ccc(F)cc1)c1cccnc1N1CCOCC1. The number of thioether (sulfide) groups is 1. The number of pyridine rings is 1. The maximum Gasteiger partial charge on any atom is 0.255 e. The summed E-state index contributed by atoms with van der Waals surface area (Å²) in [7, 11) is 0. The van der Waals surface area contributed by atoms with E-state index in [0.29, 0.717) is 31.1 Å². The highest BCUT2D eigenvalue weighted by Crippen LogP contribution is 2.20. The topological polar surface area (TPSA) is 54.5 Å². The predicted molar refractivity (Wildman–Crippen MR) is 101 cm³/mol. The van der Waals surface area contributed by atoms with Crippen LogP contribution in [0.1, 0.15) is 16.8 Å². The summed E-state index contributed by atoms with van der Waals surface area (Å²) in [6, 6.07) is 10.0. The molecular formula is C19H22FN3O2S. The number of benzene rings is 1. The maximum atomic E-state index is 12.9. The minimum Gasteiger partial charge on any atom is -0.378 e. The number of nitrogens with zero attached hydrogens (tertiary/aromatic N) is 2. The zero-order chi connectivity index (χ0) is 18.2. The molecule has 1 N–H and O–H groups in total. The first kappa shape index (κ1) is 18.7. The summed E-state index contributed by atoms with van der Waals surface area (Å²) in [5.41, 5.74) is 0.598. The number of hydrogen-bond donors (Lipinski definition) is 1. The Labute approximate surface area is 156 Å². The van der Waals surface area contributed by atoms with Crippen LogP contribution in [0.5, 0.6) is 0 Å². The minimum absolute atomic E-state index is 0.105. The molecule has 0 atom stereocenters. The molecule has 1 saturated heterocycles. The first-order valence-electron chi connectivity index (χ1n) is 8.68. The van der Waals surface area contributed by atoms with Gasteiger partial charge in [0.1, 0.15) is 11.6 Å². The molecule has 26 heavy (non-hydrogen) atoms. The highest BCUT2D eigenvalue weighted by molar-refractivity contribution is 7.99. The average Bonchev–Trinajstić information content (AvgIpc) is 2.69. The van der Waals surface area contributed by atoms with Crippen LogP contribution in [0, 0.1) is 5.82 Å². The number of nitrogens with one attached hydrogen (secondary N) is 1. The van der Waals surface area contributed by atoms with Crippen molar-refractivity contribution in [1.82, 2.24) is 10.3 Å². The molecular weight excluding hydrogens is 353 g/mol. The van der Waals surface area contributed by atoms with Crippen LogP contribution in [0.3, 0.4) is 0 Å². The molecule has 0 aliphatic carbocycles. The highest BCUT2D eigenvalue weighted by atomic mass is 32.2. The van der Waals surface area contributed by atoms with Crippen LogP contribution >= 0.6 is 11.8 Å². The van der Waals surface area contributed by atoms with Gasteiger partial charge in [0.15, 0.2) is 0 Å². The second-order valence-electron chi connectivity index (χ2n) is 5.89. The average molecular weight is 375 g/mol. The fraction of sp³-hybridized carbons (Fsp3) is 0.368. The number of amides is 1. The van der Waals surface area contributed by atoms with Crippen LogP contribution < -0.4 is 10.2 Å². The van der Waals surface area contributed by atoms with Gasteiger partial charge in [0.25, 0.3) is 5.91 Å². The Morgan fingerprint density at radius 1 is 1.23 bits per heavy atom. The lowest BCUT2D eigenvalue weighted by molar-refractivity contribution is 0.0952. The number of aromatic nitrogens is 1. The summed E-state index contributed by atoms with van der Waals surface area (Å²) in [5, 5.41) is 2.96. The molecule has 0 unspecified atom stereocenters. The van der Waals surface area contributed by atoms with Crippen molar-refractivity contribution in [3.8, 4) is 0 Å². The van der Waals surface area contributed by atoms with Gasteiger partial charge in [-0.3, -0.25) is 4.79 Å². The van der Waals surface area contributed by atoms with Crippen LogP contribution in [0.15, 0.2) is 47.5 Å². The van der Waals surface area contributed by atoms with Gasteiger partial charge >= 0.3 is 0 Å². The predicted octanol–water partition coefficient (Wildman–Crippen LogP) is 2.97. The Morgan fingerprint density at radius 2 is 2.00 bits per heavy atom. The van der Waals surface area contributed by atoms with Gasteiger partial charge in [0, 0.05) is 30.7 Å². The van der Waals surface area contributed by atoms with E-state index in [4.69, 9.17) is 4.74 Å². The van der Waals surface area contributed by atoms with E-state index in [0.717, 1.165) is 30.2 Å². The molecule has 2 heterocycles. The van der Waals surface area contributed by atoms with Crippen molar-refractivity contribution in [1.29, 1.82) is 0 Å². The number of morpholine rings is 1. The molecule has 0 bridgehead atoms. The molecule has 3 rings (SSSR count). The van der Waals surface area contributed by atoms with E-state index < -0.39 is 0 Å². The molecule has 1 amide bonds. The van der Waals surface area contributed by atoms with Gasteiger partial charge in [-0.15, -0.1) is 11.8 Å². The van der Waals surface area contributed by atoms with Gasteiger partial charge in [0.05, 0.1) is 18.8 Å². The molecule has 1 fully saturated rings. The Hall–Kier alpha value is -2.12. The van der Waals surface area contributed by atoms with E-state index in [1.807, 2.05) is 0 Å². The standard InChI is InChI=1S/C19H22FN3O2S/c20-15-4-6-16(7-5-15)26-14-2-9-22-19(24)17-3-1-8-21-18(17)23-10-12-25-13-11-23/h1,3-8H,2,9-14H2,(H,22,24). The molecule has 1 aromatic heterocycles. The van der Waals surface area contributed by atoms with Crippen molar-refractivity contribution in [3.63, 3.8) is 0 Å². The largest absolute Gasteiger partial charge is 0.378 e. The number of rotatable bonds is 7. The van der Waals surface area contributed by atoms with Gasteiger partial charge in [0.2, 0.25) is 0 Å². The van der Waals surface area contributed by atoms with Crippen molar-refractivity contribution in [2.24, 2.45) is 0 Å². The van der Waals surface area contributed by atoms with Gasteiger partial charge in [-0.05, 0) is 48.6 Å². The molecule has 1 aromatic carbocycles. The lowest BCUT2D eigenvalue weighted by atomic mass is 10.2. The van der Waals surface area contributed by atoms with E-state index in [1.165, 1.54) is 12.1 Å². The number of carbonyl (C=O) groups is 1. The fourth-order valence-corrected chi connectivity index (χ4v) is 3.54. The smallest absolute Gasteiger partial charge is 0.255 e. The third kappa shape index (κ3) is 5.19. The summed E-state index contributed by atoms with van der Waals surface area (Å²) >= 11 is 1.65. The summed E-state index contributed by atoms with van der Waals surface area (Å²) < 4.78 is 18.2. The van der Waals surface area contributed by atoms with Gasteiger partial charge in [-0.2, -0.15) is 0 Å². The number of hydrogen-bond acceptors (Lipinski definition) is 5. The molecule has 0 radical (unpaired) electrons. The quantitative estimate of drug-likeness (QED) is 0.596. The van der Waals surface area contributed by atoms with Crippen molar-refractivity contribution in [2.45, 2.75) is 11.3 Å². The molecule has 1 aliphatic rings. The lowest BCUT2D eigenvalue weighted by Gasteiger charge is -2.29. The first-order chi connectivity index (χ1) is 12.7. The van der Waals surface area contributed by atoms with E-state index in [1.54, 1.807) is 42.2 Å². The second-order valence-corrected chi connectivity index (χ2v) is 7.05. The zero-order valence-electron chi connectivity index (χ0n) is 14.5. The van der Waals surface area contributed by atoms with E-state index in [2.05, 4.69) is 15.2 Å². The monoisotopic (exact) mass is 375 g/mol. The van der Waals surface area contributed by atoms with Crippen LogP contribution in [0.4, 0.5) is 10.2 Å². The number of carbonyl (C=O) groups excluding carboxylic acids is 1. The molecule has 2 aromatic rings. The summed E-state index contributed by atoms with van der Waals surface area (Å²) in [4.78, 5) is 20.0. The Kier molecular flexibility index (Phi) is 6.85. The maximum absolute atomic E-state index is 12.9. The first-order valence-corrected chi connectivity index (χ1v) is 9.67. The summed E-state index contributed by atoms with van der Waals surface area (Å²) in [6.45, 7) is 3.37. The third-order valence-electron chi connectivity index (χ3n) is 4.03. The van der Waals surface area contributed by atoms with Crippen molar-refractivity contribution >= 4 is 23.5 Å². The van der Waals surface area contributed by atoms with Crippen LogP contribution in [-0.2, 0) is 4.74 Å². The Morgan fingerprint density at radius 3 is 2.77 bits per heavy atom. The van der Waals surface area contributed by atoms with Crippen molar-refractivity contribution in [3.05, 3.63) is 54.0 Å². The molecule has 0 spiro atoms. The van der Waals surface area contributed by atoms with Crippen LogP contribution in [0.25, 0.3) is 0 Å². The van der Waals surface area contributed by atoms with Gasteiger partial charge in [-0.25, -0.2) is 9.37 Å². The highest BCUT2D eigenvalue weighted by Gasteiger charge is 2.19. The normalized spacial score (nSPS) is 14.3.